The van der Waals surface area contributed by atoms with E-state index < -0.39 is 24.0 Å². The highest BCUT2D eigenvalue weighted by Crippen LogP contribution is 2.41. The molecule has 1 amide bonds. The molecule has 1 atom stereocenters. The van der Waals surface area contributed by atoms with Gasteiger partial charge in [-0.05, 0) is 53.8 Å². The first-order chi connectivity index (χ1) is 24.7. The zero-order valence-corrected chi connectivity index (χ0v) is 28.6. The molecule has 4 aromatic carbocycles. The molecule has 1 N–H and O–H groups in total. The maximum atomic E-state index is 14.1. The van der Waals surface area contributed by atoms with Crippen LogP contribution in [0.25, 0.3) is 22.3 Å². The predicted octanol–water partition coefficient (Wildman–Crippen LogP) is 5.71. The first-order valence-corrected chi connectivity index (χ1v) is 16.1. The maximum Gasteiger partial charge on any atom is 0.341 e. The average Bonchev–Trinajstić information content (AvgIpc) is 3.15. The van der Waals surface area contributed by atoms with Crippen LogP contribution in [-0.4, -0.2) is 70.1 Å². The minimum absolute atomic E-state index is 0.0371. The zero-order valence-electron chi connectivity index (χ0n) is 28.6. The van der Waals surface area contributed by atoms with Crippen LogP contribution >= 0.6 is 0 Å². The van der Waals surface area contributed by atoms with Crippen molar-refractivity contribution in [2.45, 2.75) is 18.9 Å². The summed E-state index contributed by atoms with van der Waals surface area (Å²) in [6.45, 7) is -0.656. The molecular formula is C39H37NO11. The van der Waals surface area contributed by atoms with Gasteiger partial charge in [0.15, 0.2) is 41.6 Å². The Hall–Kier alpha value is -6.17. The van der Waals surface area contributed by atoms with Crippen molar-refractivity contribution < 1.29 is 47.5 Å². The van der Waals surface area contributed by atoms with Crippen LogP contribution < -0.4 is 33.8 Å². The van der Waals surface area contributed by atoms with Crippen molar-refractivity contribution in [2.24, 2.45) is 0 Å². The molecule has 0 saturated carbocycles. The molecule has 2 heterocycles. The van der Waals surface area contributed by atoms with E-state index in [4.69, 9.17) is 32.8 Å². The van der Waals surface area contributed by atoms with Gasteiger partial charge in [0.05, 0.1) is 34.5 Å². The molecule has 0 aliphatic carbocycles. The molecule has 0 saturated heterocycles. The van der Waals surface area contributed by atoms with Gasteiger partial charge in [0.25, 0.3) is 5.91 Å². The lowest BCUT2D eigenvalue weighted by molar-refractivity contribution is -0.139. The number of methoxy groups -OCH3 is 4. The summed E-state index contributed by atoms with van der Waals surface area (Å²) in [7, 11) is 6.29. The molecule has 6 rings (SSSR count). The number of carbonyl (C=O) groups excluding carboxylic acids is 1. The fraction of sp³-hybridized carbons (Fsp3) is 0.256. The summed E-state index contributed by atoms with van der Waals surface area (Å²) < 4.78 is 39.8. The summed E-state index contributed by atoms with van der Waals surface area (Å²) >= 11 is 0. The van der Waals surface area contributed by atoms with Crippen molar-refractivity contribution in [3.63, 3.8) is 0 Å². The summed E-state index contributed by atoms with van der Waals surface area (Å²) in [6.07, 6.45) is 1.02. The lowest BCUT2D eigenvalue weighted by atomic mass is 9.88. The van der Waals surface area contributed by atoms with Crippen molar-refractivity contribution in [3.05, 3.63) is 106 Å². The van der Waals surface area contributed by atoms with Gasteiger partial charge in [-0.1, -0.05) is 36.4 Å². The van der Waals surface area contributed by atoms with Gasteiger partial charge in [-0.2, -0.15) is 0 Å². The average molecular weight is 696 g/mol. The Morgan fingerprint density at radius 3 is 2.20 bits per heavy atom. The number of hydrogen-bond acceptors (Lipinski definition) is 10. The maximum absolute atomic E-state index is 14.1. The van der Waals surface area contributed by atoms with Gasteiger partial charge in [0, 0.05) is 30.3 Å². The molecule has 12 nitrogen and oxygen atoms in total. The van der Waals surface area contributed by atoms with Crippen LogP contribution in [0.5, 0.6) is 34.5 Å². The van der Waals surface area contributed by atoms with Crippen LogP contribution in [-0.2, 0) is 22.4 Å². The molecule has 0 fully saturated rings. The van der Waals surface area contributed by atoms with Gasteiger partial charge >= 0.3 is 5.97 Å². The normalized spacial score (nSPS) is 13.6. The van der Waals surface area contributed by atoms with Gasteiger partial charge in [-0.15, -0.1) is 0 Å². The van der Waals surface area contributed by atoms with Crippen LogP contribution in [0.1, 0.15) is 22.7 Å². The van der Waals surface area contributed by atoms with E-state index >= 15 is 0 Å². The molecule has 51 heavy (non-hydrogen) atoms. The second kappa shape index (κ2) is 15.2. The summed E-state index contributed by atoms with van der Waals surface area (Å²) in [5.74, 6) is 1.20. The summed E-state index contributed by atoms with van der Waals surface area (Å²) in [5, 5.41) is 9.34. The Kier molecular flexibility index (Phi) is 10.3. The van der Waals surface area contributed by atoms with Gasteiger partial charge in [0.2, 0.25) is 0 Å². The zero-order chi connectivity index (χ0) is 36.1. The molecule has 1 aliphatic rings. The first-order valence-electron chi connectivity index (χ1n) is 16.1. The predicted molar refractivity (Wildman–Crippen MR) is 187 cm³/mol. The van der Waals surface area contributed by atoms with Crippen molar-refractivity contribution in [3.8, 4) is 45.8 Å². The Bertz CT molecular complexity index is 2130. The number of fused-ring (bicyclic) bond motifs is 2. The van der Waals surface area contributed by atoms with E-state index in [2.05, 4.69) is 0 Å². The quantitative estimate of drug-likeness (QED) is 0.162. The number of aliphatic carboxylic acids is 1. The van der Waals surface area contributed by atoms with E-state index in [1.807, 2.05) is 48.5 Å². The minimum atomic E-state index is -1.23. The molecule has 1 unspecified atom stereocenters. The minimum Gasteiger partial charge on any atom is -0.493 e. The van der Waals surface area contributed by atoms with Crippen molar-refractivity contribution in [2.75, 3.05) is 48.2 Å². The topological polar surface area (TPSA) is 143 Å². The Morgan fingerprint density at radius 2 is 1.49 bits per heavy atom. The number of carboxylic acids is 1. The molecular weight excluding hydrogens is 658 g/mol. The fourth-order valence-electron chi connectivity index (χ4n) is 6.32. The van der Waals surface area contributed by atoms with Crippen LogP contribution in [0.3, 0.4) is 0 Å². The largest absolute Gasteiger partial charge is 0.493 e. The van der Waals surface area contributed by atoms with Crippen molar-refractivity contribution >= 4 is 22.8 Å². The van der Waals surface area contributed by atoms with Crippen molar-refractivity contribution in [1.29, 1.82) is 0 Å². The third kappa shape index (κ3) is 7.40. The van der Waals surface area contributed by atoms with E-state index in [0.29, 0.717) is 53.7 Å². The van der Waals surface area contributed by atoms with Crippen LogP contribution in [0.15, 0.2) is 88.1 Å². The number of carboxylic acid groups (broad SMARTS) is 1. The second-order valence-corrected chi connectivity index (χ2v) is 11.8. The number of rotatable bonds is 13. The van der Waals surface area contributed by atoms with Crippen LogP contribution in [0.4, 0.5) is 0 Å². The lowest BCUT2D eigenvalue weighted by Crippen LogP contribution is -2.43. The number of amides is 1. The van der Waals surface area contributed by atoms with E-state index in [1.54, 1.807) is 45.5 Å². The van der Waals surface area contributed by atoms with Gasteiger partial charge in [-0.3, -0.25) is 9.59 Å². The summed E-state index contributed by atoms with van der Waals surface area (Å²) in [5.41, 5.74) is 3.22. The number of benzene rings is 4. The lowest BCUT2D eigenvalue weighted by Gasteiger charge is -2.38. The third-order valence-corrected chi connectivity index (χ3v) is 8.74. The van der Waals surface area contributed by atoms with E-state index in [1.165, 1.54) is 18.2 Å². The highest BCUT2D eigenvalue weighted by molar-refractivity contribution is 5.87. The number of ether oxygens (including phenoxy) is 6. The van der Waals surface area contributed by atoms with Crippen LogP contribution in [0, 0.1) is 0 Å². The molecule has 12 heteroatoms. The number of nitrogens with zero attached hydrogens (tertiary/aromatic N) is 1. The van der Waals surface area contributed by atoms with E-state index in [9.17, 15) is 19.5 Å². The fourth-order valence-corrected chi connectivity index (χ4v) is 6.32. The Labute approximate surface area is 293 Å². The molecule has 1 aliphatic heterocycles. The number of hydrogen-bond donors (Lipinski definition) is 1. The van der Waals surface area contributed by atoms with Crippen LogP contribution in [0.2, 0.25) is 0 Å². The monoisotopic (exact) mass is 695 g/mol. The molecule has 0 radical (unpaired) electrons. The summed E-state index contributed by atoms with van der Waals surface area (Å²) in [4.78, 5) is 40.4. The Morgan fingerprint density at radius 1 is 0.784 bits per heavy atom. The second-order valence-electron chi connectivity index (χ2n) is 11.8. The molecule has 0 spiro atoms. The summed E-state index contributed by atoms with van der Waals surface area (Å²) in [6, 6.07) is 22.4. The highest BCUT2D eigenvalue weighted by Gasteiger charge is 2.33. The first kappa shape index (κ1) is 34.7. The van der Waals surface area contributed by atoms with E-state index in [-0.39, 0.29) is 35.0 Å². The smallest absolute Gasteiger partial charge is 0.341 e. The highest BCUT2D eigenvalue weighted by atomic mass is 16.5. The molecule has 5 aromatic rings. The molecule has 264 valence electrons. The third-order valence-electron chi connectivity index (χ3n) is 8.74. The molecule has 1 aromatic heterocycles. The standard InChI is InChI=1S/C39H37NO11/c1-45-30-11-10-23(15-32(30)46-2)14-28-27-19-34(48-4)33(47-3)16-25(27)12-13-40(28)37(42)21-49-26-17-35(50-22-38(43)44)39-29(41)20-31(51-36(39)18-26)24-8-6-5-7-9-24/h5-11,15-20,28H,12-14,21-22H2,1-4H3,(H,43,44). The van der Waals surface area contributed by atoms with E-state index in [0.717, 1.165) is 16.7 Å². The Balaban J connectivity index is 1.33. The SMILES string of the molecule is COc1ccc(CC2c3cc(OC)c(OC)cc3CCN2C(=O)COc2cc(OCC(=O)O)c3c(=O)cc(-c4ccccc4)oc3c2)cc1OC. The molecule has 0 bridgehead atoms. The van der Waals surface area contributed by atoms with Gasteiger partial charge in [0.1, 0.15) is 28.2 Å². The number of carbonyl (C=O) groups is 2. The van der Waals surface area contributed by atoms with Gasteiger partial charge < -0.3 is 42.8 Å². The van der Waals surface area contributed by atoms with Gasteiger partial charge in [-0.25, -0.2) is 4.79 Å². The van der Waals surface area contributed by atoms with Crippen molar-refractivity contribution in [1.82, 2.24) is 4.90 Å².